The van der Waals surface area contributed by atoms with E-state index in [1.807, 2.05) is 6.07 Å². The molecule has 0 bridgehead atoms. The van der Waals surface area contributed by atoms with Crippen LogP contribution < -0.4 is 4.90 Å². The van der Waals surface area contributed by atoms with E-state index in [-0.39, 0.29) is 0 Å². The number of hydrogen-bond donors (Lipinski definition) is 0. The highest BCUT2D eigenvalue weighted by molar-refractivity contribution is 6.29. The van der Waals surface area contributed by atoms with Gasteiger partial charge in [0, 0.05) is 32.2 Å². The van der Waals surface area contributed by atoms with Crippen LogP contribution in [-0.4, -0.2) is 36.8 Å². The van der Waals surface area contributed by atoms with E-state index in [0.717, 1.165) is 37.8 Å². The smallest absolute Gasteiger partial charge is 0.135 e. The average Bonchev–Trinajstić information content (AvgIpc) is 3.23. The summed E-state index contributed by atoms with van der Waals surface area (Å²) in [5.74, 6) is 2.97. The van der Waals surface area contributed by atoms with Crippen molar-refractivity contribution in [3.05, 3.63) is 17.0 Å². The SMILES string of the molecule is CN(CC1CCCOC1)c1cc(Cl)nc(C2CC2)n1. The van der Waals surface area contributed by atoms with Crippen LogP contribution in [0.4, 0.5) is 5.82 Å². The van der Waals surface area contributed by atoms with E-state index < -0.39 is 0 Å². The maximum Gasteiger partial charge on any atom is 0.135 e. The van der Waals surface area contributed by atoms with E-state index >= 15 is 0 Å². The van der Waals surface area contributed by atoms with Crippen molar-refractivity contribution >= 4 is 17.4 Å². The Labute approximate surface area is 119 Å². The summed E-state index contributed by atoms with van der Waals surface area (Å²) in [6.07, 6.45) is 4.79. The lowest BCUT2D eigenvalue weighted by atomic mass is 10.0. The summed E-state index contributed by atoms with van der Waals surface area (Å²) in [6.45, 7) is 2.74. The summed E-state index contributed by atoms with van der Waals surface area (Å²) in [5, 5.41) is 0.554. The van der Waals surface area contributed by atoms with E-state index in [9.17, 15) is 0 Å². The third-order valence-corrected chi connectivity index (χ3v) is 4.01. The van der Waals surface area contributed by atoms with Crippen LogP contribution in [0.15, 0.2) is 6.07 Å². The molecule has 19 heavy (non-hydrogen) atoms. The standard InChI is InChI=1S/C14H20ClN3O/c1-18(8-10-3-2-6-19-9-10)13-7-12(15)16-14(17-13)11-4-5-11/h7,10-11H,2-6,8-9H2,1H3. The molecule has 1 aromatic rings. The van der Waals surface area contributed by atoms with E-state index in [4.69, 9.17) is 16.3 Å². The molecule has 3 rings (SSSR count). The van der Waals surface area contributed by atoms with Gasteiger partial charge in [0.15, 0.2) is 0 Å². The first-order valence-corrected chi connectivity index (χ1v) is 7.43. The second-order valence-corrected chi connectivity index (χ2v) is 6.03. The molecule has 1 saturated heterocycles. The van der Waals surface area contributed by atoms with Crippen LogP contribution in [0.2, 0.25) is 5.15 Å². The molecule has 1 unspecified atom stereocenters. The van der Waals surface area contributed by atoms with E-state index in [0.29, 0.717) is 17.0 Å². The van der Waals surface area contributed by atoms with Gasteiger partial charge in [-0.3, -0.25) is 0 Å². The van der Waals surface area contributed by atoms with Crippen molar-refractivity contribution in [1.29, 1.82) is 0 Å². The zero-order valence-corrected chi connectivity index (χ0v) is 12.1. The summed E-state index contributed by atoms with van der Waals surface area (Å²) < 4.78 is 5.53. The highest BCUT2D eigenvalue weighted by Crippen LogP contribution is 2.39. The number of anilines is 1. The molecule has 104 valence electrons. The normalized spacial score (nSPS) is 23.4. The zero-order chi connectivity index (χ0) is 13.2. The van der Waals surface area contributed by atoms with Gasteiger partial charge in [0.1, 0.15) is 16.8 Å². The van der Waals surface area contributed by atoms with Crippen molar-refractivity contribution in [1.82, 2.24) is 9.97 Å². The number of ether oxygens (including phenoxy) is 1. The Bertz CT molecular complexity index is 444. The zero-order valence-electron chi connectivity index (χ0n) is 11.3. The van der Waals surface area contributed by atoms with Crippen LogP contribution in [0, 0.1) is 5.92 Å². The highest BCUT2D eigenvalue weighted by atomic mass is 35.5. The molecule has 2 fully saturated rings. The van der Waals surface area contributed by atoms with Gasteiger partial charge in [-0.1, -0.05) is 11.6 Å². The Morgan fingerprint density at radius 3 is 2.89 bits per heavy atom. The Morgan fingerprint density at radius 2 is 2.21 bits per heavy atom. The molecule has 0 N–H and O–H groups in total. The van der Waals surface area contributed by atoms with Crippen LogP contribution in [-0.2, 0) is 4.74 Å². The monoisotopic (exact) mass is 281 g/mol. The Morgan fingerprint density at radius 1 is 1.37 bits per heavy atom. The lowest BCUT2D eigenvalue weighted by Crippen LogP contribution is -2.31. The lowest BCUT2D eigenvalue weighted by Gasteiger charge is -2.27. The molecular formula is C14H20ClN3O. The molecule has 2 aliphatic rings. The predicted octanol–water partition coefficient (Wildman–Crippen LogP) is 2.87. The first-order chi connectivity index (χ1) is 9.22. The largest absolute Gasteiger partial charge is 0.381 e. The van der Waals surface area contributed by atoms with Crippen LogP contribution >= 0.6 is 11.6 Å². The highest BCUT2D eigenvalue weighted by Gasteiger charge is 2.28. The molecule has 0 spiro atoms. The van der Waals surface area contributed by atoms with Gasteiger partial charge in [-0.15, -0.1) is 0 Å². The van der Waals surface area contributed by atoms with E-state index in [1.54, 1.807) is 0 Å². The molecule has 0 aromatic carbocycles. The first-order valence-electron chi connectivity index (χ1n) is 7.06. The molecule has 0 radical (unpaired) electrons. The third-order valence-electron chi connectivity index (χ3n) is 3.82. The molecule has 4 nitrogen and oxygen atoms in total. The van der Waals surface area contributed by atoms with Crippen molar-refractivity contribution in [2.24, 2.45) is 5.92 Å². The summed E-state index contributed by atoms with van der Waals surface area (Å²) >= 11 is 6.11. The van der Waals surface area contributed by atoms with Crippen molar-refractivity contribution in [2.75, 3.05) is 31.7 Å². The van der Waals surface area contributed by atoms with Crippen molar-refractivity contribution < 1.29 is 4.74 Å². The molecule has 5 heteroatoms. The molecule has 0 amide bonds. The van der Waals surface area contributed by atoms with Gasteiger partial charge >= 0.3 is 0 Å². The summed E-state index contributed by atoms with van der Waals surface area (Å²) in [7, 11) is 2.07. The maximum atomic E-state index is 6.11. The third kappa shape index (κ3) is 3.37. The van der Waals surface area contributed by atoms with E-state index in [2.05, 4.69) is 21.9 Å². The molecule has 1 aliphatic heterocycles. The molecule has 1 aliphatic carbocycles. The molecule has 1 saturated carbocycles. The number of halogens is 1. The second kappa shape index (κ2) is 5.63. The topological polar surface area (TPSA) is 38.2 Å². The van der Waals surface area contributed by atoms with Crippen molar-refractivity contribution in [3.8, 4) is 0 Å². The fourth-order valence-electron chi connectivity index (χ4n) is 2.57. The number of rotatable bonds is 4. The van der Waals surface area contributed by atoms with Gasteiger partial charge in [-0.05, 0) is 31.6 Å². The lowest BCUT2D eigenvalue weighted by molar-refractivity contribution is 0.0576. The summed E-state index contributed by atoms with van der Waals surface area (Å²) in [5.41, 5.74) is 0. The van der Waals surface area contributed by atoms with Gasteiger partial charge in [-0.25, -0.2) is 9.97 Å². The Hall–Kier alpha value is -0.870. The number of hydrogen-bond acceptors (Lipinski definition) is 4. The maximum absolute atomic E-state index is 6.11. The fourth-order valence-corrected chi connectivity index (χ4v) is 2.76. The van der Waals surface area contributed by atoms with Gasteiger partial charge in [0.05, 0.1) is 6.61 Å². The van der Waals surface area contributed by atoms with Crippen LogP contribution in [0.1, 0.15) is 37.4 Å². The van der Waals surface area contributed by atoms with Gasteiger partial charge in [0.2, 0.25) is 0 Å². The Balaban J connectivity index is 1.69. The molecular weight excluding hydrogens is 262 g/mol. The van der Waals surface area contributed by atoms with Crippen molar-refractivity contribution in [3.63, 3.8) is 0 Å². The number of nitrogens with zero attached hydrogens (tertiary/aromatic N) is 3. The van der Waals surface area contributed by atoms with Crippen molar-refractivity contribution in [2.45, 2.75) is 31.6 Å². The summed E-state index contributed by atoms with van der Waals surface area (Å²) in [6, 6.07) is 1.86. The van der Waals surface area contributed by atoms with Crippen LogP contribution in [0.5, 0.6) is 0 Å². The molecule has 1 atom stereocenters. The van der Waals surface area contributed by atoms with Crippen LogP contribution in [0.3, 0.4) is 0 Å². The van der Waals surface area contributed by atoms with E-state index in [1.165, 1.54) is 19.3 Å². The fraction of sp³-hybridized carbons (Fsp3) is 0.714. The minimum Gasteiger partial charge on any atom is -0.381 e. The number of aromatic nitrogens is 2. The minimum absolute atomic E-state index is 0.531. The molecule has 2 heterocycles. The van der Waals surface area contributed by atoms with Crippen LogP contribution in [0.25, 0.3) is 0 Å². The predicted molar refractivity (Wildman–Crippen MR) is 75.8 cm³/mol. The minimum atomic E-state index is 0.531. The van der Waals surface area contributed by atoms with Gasteiger partial charge < -0.3 is 9.64 Å². The molecule has 1 aromatic heterocycles. The average molecular weight is 282 g/mol. The second-order valence-electron chi connectivity index (χ2n) is 5.65. The first kappa shape index (κ1) is 13.1. The van der Waals surface area contributed by atoms with Gasteiger partial charge in [-0.2, -0.15) is 0 Å². The van der Waals surface area contributed by atoms with Gasteiger partial charge in [0.25, 0.3) is 0 Å². The Kier molecular flexibility index (Phi) is 3.89. The summed E-state index contributed by atoms with van der Waals surface area (Å²) in [4.78, 5) is 11.2. The quantitative estimate of drug-likeness (QED) is 0.796.